The molecule has 0 radical (unpaired) electrons. The monoisotopic (exact) mass is 242 g/mol. The van der Waals surface area contributed by atoms with Crippen molar-refractivity contribution in [2.24, 2.45) is 5.92 Å². The van der Waals surface area contributed by atoms with Gasteiger partial charge in [-0.25, -0.2) is 0 Å². The van der Waals surface area contributed by atoms with Crippen LogP contribution in [0.5, 0.6) is 0 Å². The molecule has 0 aliphatic carbocycles. The lowest BCUT2D eigenvalue weighted by molar-refractivity contribution is -0.148. The van der Waals surface area contributed by atoms with Gasteiger partial charge in [-0.15, -0.1) is 0 Å². The van der Waals surface area contributed by atoms with Crippen molar-refractivity contribution < 1.29 is 14.6 Å². The molecule has 0 spiro atoms. The zero-order chi connectivity index (χ0) is 12.3. The minimum Gasteiger partial charge on any atom is -0.480 e. The average Bonchev–Trinajstić information content (AvgIpc) is 2.81. The summed E-state index contributed by atoms with van der Waals surface area (Å²) < 4.78 is 5.53. The van der Waals surface area contributed by atoms with Crippen LogP contribution in [0, 0.1) is 5.92 Å². The molecule has 3 N–H and O–H groups in total. The number of ether oxygens (including phenoxy) is 1. The molecule has 0 saturated carbocycles. The Morgan fingerprint density at radius 3 is 3.06 bits per heavy atom. The van der Waals surface area contributed by atoms with Gasteiger partial charge in [-0.2, -0.15) is 0 Å². The summed E-state index contributed by atoms with van der Waals surface area (Å²) in [6, 6.07) is 0. The summed E-state index contributed by atoms with van der Waals surface area (Å²) in [6.45, 7) is 4.96. The molecule has 3 atom stereocenters. The maximum absolute atomic E-state index is 11.6. The molecule has 98 valence electrons. The highest BCUT2D eigenvalue weighted by Crippen LogP contribution is 2.25. The van der Waals surface area contributed by atoms with Gasteiger partial charge in [-0.1, -0.05) is 6.92 Å². The highest BCUT2D eigenvalue weighted by Gasteiger charge is 2.45. The number of piperidine rings is 1. The Morgan fingerprint density at radius 2 is 2.47 bits per heavy atom. The minimum absolute atomic E-state index is 0.0927. The second kappa shape index (κ2) is 5.33. The number of carboxylic acid groups (broad SMARTS) is 1. The molecule has 2 aliphatic rings. The summed E-state index contributed by atoms with van der Waals surface area (Å²) >= 11 is 0. The van der Waals surface area contributed by atoms with Crippen molar-refractivity contribution in [3.63, 3.8) is 0 Å². The van der Waals surface area contributed by atoms with E-state index in [1.165, 1.54) is 0 Å². The van der Waals surface area contributed by atoms with E-state index in [1.54, 1.807) is 0 Å². The van der Waals surface area contributed by atoms with E-state index in [2.05, 4.69) is 10.6 Å². The van der Waals surface area contributed by atoms with E-state index >= 15 is 0 Å². The van der Waals surface area contributed by atoms with Gasteiger partial charge in [-0.3, -0.25) is 10.1 Å². The molecular formula is C12H22N2O3. The smallest absolute Gasteiger partial charge is 0.324 e. The van der Waals surface area contributed by atoms with E-state index in [4.69, 9.17) is 4.74 Å². The maximum Gasteiger partial charge on any atom is 0.324 e. The van der Waals surface area contributed by atoms with E-state index in [0.717, 1.165) is 32.5 Å². The molecule has 2 aliphatic heterocycles. The van der Waals surface area contributed by atoms with Crippen LogP contribution in [0.4, 0.5) is 0 Å². The molecule has 17 heavy (non-hydrogen) atoms. The quantitative estimate of drug-likeness (QED) is 0.657. The molecule has 2 fully saturated rings. The average molecular weight is 242 g/mol. The molecule has 0 aromatic heterocycles. The number of hydrogen-bond acceptors (Lipinski definition) is 4. The van der Waals surface area contributed by atoms with Gasteiger partial charge in [0.05, 0.1) is 6.10 Å². The summed E-state index contributed by atoms with van der Waals surface area (Å²) in [7, 11) is 0. The predicted octanol–water partition coefficient (Wildman–Crippen LogP) is 0.208. The standard InChI is InChI=1S/C12H22N2O3/c1-9-7-13-5-4-12(9,11(15)16)14-8-10-3-2-6-17-10/h9-10,13-14H,2-8H2,1H3,(H,15,16). The lowest BCUT2D eigenvalue weighted by atomic mass is 9.79. The Kier molecular flexibility index (Phi) is 4.01. The third-order valence-corrected chi connectivity index (χ3v) is 4.04. The Morgan fingerprint density at radius 1 is 1.65 bits per heavy atom. The summed E-state index contributed by atoms with van der Waals surface area (Å²) in [5, 5.41) is 16.0. The molecule has 5 nitrogen and oxygen atoms in total. The van der Waals surface area contributed by atoms with Crippen LogP contribution in [-0.4, -0.2) is 49.0 Å². The largest absolute Gasteiger partial charge is 0.480 e. The summed E-state index contributed by atoms with van der Waals surface area (Å²) in [5.41, 5.74) is -0.781. The zero-order valence-electron chi connectivity index (χ0n) is 10.4. The third-order valence-electron chi connectivity index (χ3n) is 4.04. The van der Waals surface area contributed by atoms with Crippen LogP contribution in [0.3, 0.4) is 0 Å². The van der Waals surface area contributed by atoms with E-state index in [1.807, 2.05) is 6.92 Å². The molecule has 2 heterocycles. The van der Waals surface area contributed by atoms with Gasteiger partial charge in [0.1, 0.15) is 5.54 Å². The number of carbonyl (C=O) groups is 1. The molecular weight excluding hydrogens is 220 g/mol. The van der Waals surface area contributed by atoms with Crippen molar-refractivity contribution in [3.8, 4) is 0 Å². The first-order valence-electron chi connectivity index (χ1n) is 6.46. The second-order valence-electron chi connectivity index (χ2n) is 5.15. The van der Waals surface area contributed by atoms with Crippen LogP contribution < -0.4 is 10.6 Å². The molecule has 2 rings (SSSR count). The highest BCUT2D eigenvalue weighted by atomic mass is 16.5. The Bertz CT molecular complexity index is 279. The molecule has 5 heteroatoms. The Labute approximate surface area is 102 Å². The molecule has 0 amide bonds. The third kappa shape index (κ3) is 2.61. The van der Waals surface area contributed by atoms with Crippen molar-refractivity contribution >= 4 is 5.97 Å². The lowest BCUT2D eigenvalue weighted by Gasteiger charge is -2.40. The number of aliphatic carboxylic acids is 1. The Balaban J connectivity index is 1.97. The van der Waals surface area contributed by atoms with Crippen molar-refractivity contribution in [2.75, 3.05) is 26.2 Å². The van der Waals surface area contributed by atoms with Gasteiger partial charge in [0.2, 0.25) is 0 Å². The first kappa shape index (κ1) is 12.8. The molecule has 3 unspecified atom stereocenters. The number of hydrogen-bond donors (Lipinski definition) is 3. The molecule has 2 saturated heterocycles. The topological polar surface area (TPSA) is 70.6 Å². The lowest BCUT2D eigenvalue weighted by Crippen LogP contribution is -2.63. The van der Waals surface area contributed by atoms with Crippen molar-refractivity contribution in [1.82, 2.24) is 10.6 Å². The van der Waals surface area contributed by atoms with Crippen LogP contribution in [0.15, 0.2) is 0 Å². The van der Waals surface area contributed by atoms with Crippen LogP contribution in [0.25, 0.3) is 0 Å². The normalized spacial score (nSPS) is 38.2. The predicted molar refractivity (Wildman–Crippen MR) is 64.0 cm³/mol. The van der Waals surface area contributed by atoms with Crippen LogP contribution in [0.1, 0.15) is 26.2 Å². The van der Waals surface area contributed by atoms with Gasteiger partial charge in [0.15, 0.2) is 0 Å². The van der Waals surface area contributed by atoms with Crippen LogP contribution in [0.2, 0.25) is 0 Å². The fourth-order valence-electron chi connectivity index (χ4n) is 2.78. The van der Waals surface area contributed by atoms with Crippen LogP contribution in [-0.2, 0) is 9.53 Å². The second-order valence-corrected chi connectivity index (χ2v) is 5.15. The molecule has 0 aromatic carbocycles. The van der Waals surface area contributed by atoms with Gasteiger partial charge in [0.25, 0.3) is 0 Å². The maximum atomic E-state index is 11.6. The fourth-order valence-corrected chi connectivity index (χ4v) is 2.78. The zero-order valence-corrected chi connectivity index (χ0v) is 10.4. The number of carboxylic acids is 1. The number of rotatable bonds is 4. The van der Waals surface area contributed by atoms with E-state index in [9.17, 15) is 9.90 Å². The Hall–Kier alpha value is -0.650. The summed E-state index contributed by atoms with van der Waals surface area (Å²) in [5.74, 6) is -0.639. The molecule has 0 aromatic rings. The van der Waals surface area contributed by atoms with E-state index in [0.29, 0.717) is 13.0 Å². The van der Waals surface area contributed by atoms with Gasteiger partial charge >= 0.3 is 5.97 Å². The molecule has 0 bridgehead atoms. The SMILES string of the molecule is CC1CNCCC1(NCC1CCCO1)C(=O)O. The van der Waals surface area contributed by atoms with Crippen molar-refractivity contribution in [1.29, 1.82) is 0 Å². The van der Waals surface area contributed by atoms with Gasteiger partial charge in [0, 0.05) is 19.7 Å². The first-order valence-corrected chi connectivity index (χ1v) is 6.46. The first-order chi connectivity index (χ1) is 8.15. The van der Waals surface area contributed by atoms with Crippen molar-refractivity contribution in [3.05, 3.63) is 0 Å². The fraction of sp³-hybridized carbons (Fsp3) is 0.917. The van der Waals surface area contributed by atoms with Crippen LogP contribution >= 0.6 is 0 Å². The number of nitrogens with one attached hydrogen (secondary N) is 2. The summed E-state index contributed by atoms with van der Waals surface area (Å²) in [4.78, 5) is 11.6. The van der Waals surface area contributed by atoms with Gasteiger partial charge < -0.3 is 15.2 Å². The van der Waals surface area contributed by atoms with E-state index < -0.39 is 11.5 Å². The minimum atomic E-state index is -0.781. The van der Waals surface area contributed by atoms with Crippen molar-refractivity contribution in [2.45, 2.75) is 37.8 Å². The highest BCUT2D eigenvalue weighted by molar-refractivity contribution is 5.79. The van der Waals surface area contributed by atoms with E-state index in [-0.39, 0.29) is 12.0 Å². The van der Waals surface area contributed by atoms with Gasteiger partial charge in [-0.05, 0) is 31.7 Å². The summed E-state index contributed by atoms with van der Waals surface area (Å²) in [6.07, 6.45) is 2.95.